The highest BCUT2D eigenvalue weighted by Gasteiger charge is 2.25. The van der Waals surface area contributed by atoms with Crippen molar-refractivity contribution in [3.8, 4) is 5.75 Å². The van der Waals surface area contributed by atoms with Crippen molar-refractivity contribution in [2.24, 2.45) is 0 Å². The molecule has 7 heteroatoms. The van der Waals surface area contributed by atoms with Gasteiger partial charge in [-0.1, -0.05) is 6.07 Å². The molecule has 126 valence electrons. The van der Waals surface area contributed by atoms with Gasteiger partial charge in [0.25, 0.3) is 15.9 Å². The Bertz CT molecular complexity index is 902. The Morgan fingerprint density at radius 1 is 1.08 bits per heavy atom. The van der Waals surface area contributed by atoms with Crippen LogP contribution in [-0.4, -0.2) is 28.0 Å². The van der Waals surface area contributed by atoms with Crippen molar-refractivity contribution in [1.82, 2.24) is 0 Å². The van der Waals surface area contributed by atoms with E-state index >= 15 is 0 Å². The van der Waals surface area contributed by atoms with Gasteiger partial charge >= 0.3 is 0 Å². The van der Waals surface area contributed by atoms with Crippen LogP contribution in [0.25, 0.3) is 0 Å². The predicted molar refractivity (Wildman–Crippen MR) is 92.1 cm³/mol. The molecule has 0 atom stereocenters. The van der Waals surface area contributed by atoms with Crippen LogP contribution in [0.2, 0.25) is 0 Å². The molecule has 1 aliphatic rings. The van der Waals surface area contributed by atoms with Crippen molar-refractivity contribution in [2.45, 2.75) is 18.7 Å². The second kappa shape index (κ2) is 5.83. The second-order valence-electron chi connectivity index (χ2n) is 5.81. The number of fused-ring (bicyclic) bond motifs is 1. The van der Waals surface area contributed by atoms with Gasteiger partial charge in [0.15, 0.2) is 6.61 Å². The summed E-state index contributed by atoms with van der Waals surface area (Å²) >= 11 is 0. The first-order valence-corrected chi connectivity index (χ1v) is 8.85. The molecule has 0 saturated carbocycles. The SMILES string of the molecule is Cc1cc(C)cc(N(C)S(=O)(=O)c2ccc3c(c2)NC(=O)CO3)c1. The average molecular weight is 346 g/mol. The van der Waals surface area contributed by atoms with Crippen LogP contribution in [0, 0.1) is 13.8 Å². The third-order valence-electron chi connectivity index (χ3n) is 3.81. The lowest BCUT2D eigenvalue weighted by Crippen LogP contribution is -2.28. The minimum Gasteiger partial charge on any atom is -0.482 e. The number of carbonyl (C=O) groups is 1. The molecule has 0 aliphatic carbocycles. The van der Waals surface area contributed by atoms with Gasteiger partial charge in [-0.05, 0) is 55.3 Å². The highest BCUT2D eigenvalue weighted by atomic mass is 32.2. The maximum absolute atomic E-state index is 12.9. The van der Waals surface area contributed by atoms with E-state index in [4.69, 9.17) is 4.74 Å². The summed E-state index contributed by atoms with van der Waals surface area (Å²) in [5.41, 5.74) is 2.92. The van der Waals surface area contributed by atoms with E-state index in [0.717, 1.165) is 11.1 Å². The van der Waals surface area contributed by atoms with E-state index in [-0.39, 0.29) is 17.4 Å². The maximum Gasteiger partial charge on any atom is 0.264 e. The second-order valence-corrected chi connectivity index (χ2v) is 7.78. The number of nitrogens with one attached hydrogen (secondary N) is 1. The molecule has 2 aromatic rings. The van der Waals surface area contributed by atoms with E-state index in [1.807, 2.05) is 32.0 Å². The quantitative estimate of drug-likeness (QED) is 0.926. The van der Waals surface area contributed by atoms with Gasteiger partial charge < -0.3 is 10.1 Å². The molecule has 0 fully saturated rings. The molecule has 0 aromatic heterocycles. The molecule has 24 heavy (non-hydrogen) atoms. The predicted octanol–water partition coefficient (Wildman–Crippen LogP) is 2.46. The Kier molecular flexibility index (Phi) is 3.96. The molecule has 3 rings (SSSR count). The molecule has 6 nitrogen and oxygen atoms in total. The van der Waals surface area contributed by atoms with Crippen LogP contribution in [-0.2, 0) is 14.8 Å². The molecule has 0 spiro atoms. The Morgan fingerprint density at radius 3 is 2.42 bits per heavy atom. The highest BCUT2D eigenvalue weighted by molar-refractivity contribution is 7.92. The zero-order valence-corrected chi connectivity index (χ0v) is 14.5. The summed E-state index contributed by atoms with van der Waals surface area (Å²) in [6.07, 6.45) is 0. The van der Waals surface area contributed by atoms with E-state index in [0.29, 0.717) is 17.1 Å². The topological polar surface area (TPSA) is 75.7 Å². The number of hydrogen-bond donors (Lipinski definition) is 1. The number of sulfonamides is 1. The summed E-state index contributed by atoms with van der Waals surface area (Å²) in [6, 6.07) is 10.1. The van der Waals surface area contributed by atoms with Crippen molar-refractivity contribution in [1.29, 1.82) is 0 Å². The molecule has 0 unspecified atom stereocenters. The zero-order valence-electron chi connectivity index (χ0n) is 13.7. The number of amides is 1. The molecule has 1 N–H and O–H groups in total. The maximum atomic E-state index is 12.9. The Morgan fingerprint density at radius 2 is 1.75 bits per heavy atom. The molecule has 0 radical (unpaired) electrons. The fraction of sp³-hybridized carbons (Fsp3) is 0.235. The van der Waals surface area contributed by atoms with Gasteiger partial charge in [0.2, 0.25) is 0 Å². The van der Waals surface area contributed by atoms with Gasteiger partial charge in [0, 0.05) is 7.05 Å². The number of benzene rings is 2. The zero-order chi connectivity index (χ0) is 17.5. The average Bonchev–Trinajstić information content (AvgIpc) is 2.52. The molecule has 0 bridgehead atoms. The number of nitrogens with zero attached hydrogens (tertiary/aromatic N) is 1. The molecule has 1 aliphatic heterocycles. The van der Waals surface area contributed by atoms with Crippen LogP contribution in [0.1, 0.15) is 11.1 Å². The molecule has 2 aromatic carbocycles. The van der Waals surface area contributed by atoms with Crippen LogP contribution in [0.4, 0.5) is 11.4 Å². The fourth-order valence-corrected chi connectivity index (χ4v) is 3.86. The van der Waals surface area contributed by atoms with Gasteiger partial charge in [0.1, 0.15) is 5.75 Å². The number of anilines is 2. The number of ether oxygens (including phenoxy) is 1. The van der Waals surface area contributed by atoms with Crippen LogP contribution in [0.3, 0.4) is 0 Å². The van der Waals surface area contributed by atoms with Crippen molar-refractivity contribution < 1.29 is 17.9 Å². The number of hydrogen-bond acceptors (Lipinski definition) is 4. The first-order chi connectivity index (χ1) is 11.3. The highest BCUT2D eigenvalue weighted by Crippen LogP contribution is 2.32. The summed E-state index contributed by atoms with van der Waals surface area (Å²) in [7, 11) is -2.24. The van der Waals surface area contributed by atoms with Crippen LogP contribution in [0.15, 0.2) is 41.3 Å². The lowest BCUT2D eigenvalue weighted by molar-refractivity contribution is -0.118. The Labute approximate surface area is 141 Å². The third-order valence-corrected chi connectivity index (χ3v) is 5.59. The summed E-state index contributed by atoms with van der Waals surface area (Å²) in [6.45, 7) is 3.77. The summed E-state index contributed by atoms with van der Waals surface area (Å²) < 4.78 is 32.3. The van der Waals surface area contributed by atoms with Crippen LogP contribution < -0.4 is 14.4 Å². The van der Waals surface area contributed by atoms with Crippen molar-refractivity contribution >= 4 is 27.3 Å². The van der Waals surface area contributed by atoms with Gasteiger partial charge in [-0.2, -0.15) is 0 Å². The summed E-state index contributed by atoms with van der Waals surface area (Å²) in [5, 5.41) is 2.62. The normalized spacial score (nSPS) is 13.7. The smallest absolute Gasteiger partial charge is 0.264 e. The minimum absolute atomic E-state index is 0.0679. The van der Waals surface area contributed by atoms with Gasteiger partial charge in [-0.3, -0.25) is 9.10 Å². The molecular weight excluding hydrogens is 328 g/mol. The largest absolute Gasteiger partial charge is 0.482 e. The molecular formula is C17H18N2O4S. The first-order valence-electron chi connectivity index (χ1n) is 7.41. The van der Waals surface area contributed by atoms with Crippen LogP contribution in [0.5, 0.6) is 5.75 Å². The van der Waals surface area contributed by atoms with Crippen molar-refractivity contribution in [3.05, 3.63) is 47.5 Å². The van der Waals surface area contributed by atoms with Gasteiger partial charge in [-0.25, -0.2) is 8.42 Å². The van der Waals surface area contributed by atoms with Gasteiger partial charge in [0.05, 0.1) is 16.3 Å². The third kappa shape index (κ3) is 2.94. The van der Waals surface area contributed by atoms with Crippen LogP contribution >= 0.6 is 0 Å². The summed E-state index contributed by atoms with van der Waals surface area (Å²) in [5.74, 6) is 0.155. The van der Waals surface area contributed by atoms with Crippen molar-refractivity contribution in [3.63, 3.8) is 0 Å². The van der Waals surface area contributed by atoms with E-state index in [1.54, 1.807) is 6.07 Å². The Balaban J connectivity index is 2.01. The standard InChI is InChI=1S/C17H18N2O4S/c1-11-6-12(2)8-13(7-11)19(3)24(21,22)14-4-5-16-15(9-14)18-17(20)10-23-16/h4-9H,10H2,1-3H3,(H,18,20). The van der Waals surface area contributed by atoms with E-state index < -0.39 is 10.0 Å². The number of aryl methyl sites for hydroxylation is 2. The minimum atomic E-state index is -3.75. The lowest BCUT2D eigenvalue weighted by Gasteiger charge is -2.22. The number of rotatable bonds is 3. The van der Waals surface area contributed by atoms with Gasteiger partial charge in [-0.15, -0.1) is 0 Å². The van der Waals surface area contributed by atoms with Crippen molar-refractivity contribution in [2.75, 3.05) is 23.3 Å². The first kappa shape index (κ1) is 16.3. The molecule has 1 heterocycles. The van der Waals surface area contributed by atoms with E-state index in [9.17, 15) is 13.2 Å². The summed E-state index contributed by atoms with van der Waals surface area (Å²) in [4.78, 5) is 11.5. The molecule has 0 saturated heterocycles. The number of carbonyl (C=O) groups excluding carboxylic acids is 1. The van der Waals surface area contributed by atoms with E-state index in [2.05, 4.69) is 5.32 Å². The molecule has 1 amide bonds. The Hall–Kier alpha value is -2.54. The lowest BCUT2D eigenvalue weighted by atomic mass is 10.1. The fourth-order valence-electron chi connectivity index (χ4n) is 2.65. The monoisotopic (exact) mass is 346 g/mol. The van der Waals surface area contributed by atoms with E-state index in [1.165, 1.54) is 23.5 Å².